The fourth-order valence-corrected chi connectivity index (χ4v) is 4.25. The number of carbonyl (C=O) groups is 3. The van der Waals surface area contributed by atoms with Gasteiger partial charge in [-0.1, -0.05) is 29.3 Å². The van der Waals surface area contributed by atoms with Gasteiger partial charge in [-0.25, -0.2) is 4.79 Å². The molecule has 1 aromatic carbocycles. The van der Waals surface area contributed by atoms with Crippen molar-refractivity contribution in [3.63, 3.8) is 0 Å². The van der Waals surface area contributed by atoms with E-state index in [1.807, 2.05) is 32.0 Å². The summed E-state index contributed by atoms with van der Waals surface area (Å²) in [6, 6.07) is 9.93. The zero-order valence-electron chi connectivity index (χ0n) is 16.0. The fourth-order valence-electron chi connectivity index (χ4n) is 3.15. The number of likely N-dealkylation sites (N-methyl/N-ethyl adjacent to an activating group) is 1. The van der Waals surface area contributed by atoms with Gasteiger partial charge in [0.25, 0.3) is 5.91 Å². The standard InChI is InChI=1S/C20H22ClN3O3S/c1-4-22(11-16-9-10-17(21)28-16)18(25)12-23-19(26)14(3)24(20(23)27)15-7-5-13(2)6-8-15/h5-10,14H,4,11-12H2,1-3H3/t14-/m0/s1. The molecule has 0 saturated carbocycles. The van der Waals surface area contributed by atoms with E-state index in [1.165, 1.54) is 16.2 Å². The molecule has 0 spiro atoms. The van der Waals surface area contributed by atoms with Crippen molar-refractivity contribution in [2.24, 2.45) is 0 Å². The van der Waals surface area contributed by atoms with Gasteiger partial charge >= 0.3 is 6.03 Å². The number of nitrogens with zero attached hydrogens (tertiary/aromatic N) is 3. The number of imide groups is 1. The van der Waals surface area contributed by atoms with Crippen LogP contribution in [0.15, 0.2) is 36.4 Å². The van der Waals surface area contributed by atoms with Gasteiger partial charge in [-0.05, 0) is 45.0 Å². The highest BCUT2D eigenvalue weighted by Gasteiger charge is 2.44. The van der Waals surface area contributed by atoms with Crippen LogP contribution in [0.25, 0.3) is 0 Å². The zero-order chi connectivity index (χ0) is 20.4. The molecule has 3 rings (SSSR count). The van der Waals surface area contributed by atoms with Crippen LogP contribution < -0.4 is 4.90 Å². The van der Waals surface area contributed by atoms with Crippen molar-refractivity contribution in [1.29, 1.82) is 0 Å². The molecule has 1 fully saturated rings. The molecule has 148 valence electrons. The number of halogens is 1. The van der Waals surface area contributed by atoms with Gasteiger partial charge in [-0.2, -0.15) is 0 Å². The lowest BCUT2D eigenvalue weighted by atomic mass is 10.2. The van der Waals surface area contributed by atoms with Crippen LogP contribution in [0.4, 0.5) is 10.5 Å². The Morgan fingerprint density at radius 2 is 1.86 bits per heavy atom. The van der Waals surface area contributed by atoms with Gasteiger partial charge in [-0.15, -0.1) is 11.3 Å². The largest absolute Gasteiger partial charge is 0.336 e. The van der Waals surface area contributed by atoms with Gasteiger partial charge in [-0.3, -0.25) is 19.4 Å². The Bertz CT molecular complexity index is 896. The molecule has 2 aromatic rings. The molecule has 1 atom stereocenters. The molecular weight excluding hydrogens is 398 g/mol. The van der Waals surface area contributed by atoms with E-state index >= 15 is 0 Å². The summed E-state index contributed by atoms with van der Waals surface area (Å²) in [5.74, 6) is -0.638. The molecular formula is C20H22ClN3O3S. The lowest BCUT2D eigenvalue weighted by molar-refractivity contribution is -0.137. The molecule has 1 saturated heterocycles. The molecule has 0 N–H and O–H groups in total. The maximum absolute atomic E-state index is 12.9. The van der Waals surface area contributed by atoms with Gasteiger partial charge in [0, 0.05) is 17.1 Å². The van der Waals surface area contributed by atoms with Crippen LogP contribution in [0.2, 0.25) is 4.34 Å². The quantitative estimate of drug-likeness (QED) is 0.667. The van der Waals surface area contributed by atoms with E-state index in [0.717, 1.165) is 15.3 Å². The first kappa shape index (κ1) is 20.4. The maximum Gasteiger partial charge on any atom is 0.332 e. The SMILES string of the molecule is CCN(Cc1ccc(Cl)s1)C(=O)CN1C(=O)[C@H](C)N(c2ccc(C)cc2)C1=O. The lowest BCUT2D eigenvalue weighted by Gasteiger charge is -2.23. The summed E-state index contributed by atoms with van der Waals surface area (Å²) in [4.78, 5) is 43.3. The second kappa shape index (κ2) is 8.32. The molecule has 0 unspecified atom stereocenters. The van der Waals surface area contributed by atoms with Crippen LogP contribution in [-0.4, -0.2) is 46.8 Å². The van der Waals surface area contributed by atoms with E-state index in [0.29, 0.717) is 23.1 Å². The summed E-state index contributed by atoms with van der Waals surface area (Å²) in [5.41, 5.74) is 1.71. The average Bonchev–Trinajstić information content (AvgIpc) is 3.17. The van der Waals surface area contributed by atoms with Crippen LogP contribution in [0, 0.1) is 6.92 Å². The summed E-state index contributed by atoms with van der Waals surface area (Å²) < 4.78 is 0.658. The van der Waals surface area contributed by atoms with Crippen LogP contribution >= 0.6 is 22.9 Å². The Kier molecular flexibility index (Phi) is 6.05. The van der Waals surface area contributed by atoms with Crippen molar-refractivity contribution in [1.82, 2.24) is 9.80 Å². The maximum atomic E-state index is 12.9. The summed E-state index contributed by atoms with van der Waals surface area (Å²) in [5, 5.41) is 0. The molecule has 0 aliphatic carbocycles. The smallest absolute Gasteiger partial charge is 0.332 e. The summed E-state index contributed by atoms with van der Waals surface area (Å²) in [6.45, 7) is 6.10. The number of anilines is 1. The third-order valence-corrected chi connectivity index (χ3v) is 5.98. The lowest BCUT2D eigenvalue weighted by Crippen LogP contribution is -2.43. The predicted molar refractivity (Wildman–Crippen MR) is 111 cm³/mol. The Morgan fingerprint density at radius 3 is 2.43 bits per heavy atom. The van der Waals surface area contributed by atoms with Crippen LogP contribution in [0.5, 0.6) is 0 Å². The monoisotopic (exact) mass is 419 g/mol. The minimum absolute atomic E-state index is 0.267. The van der Waals surface area contributed by atoms with Crippen LogP contribution in [0.3, 0.4) is 0 Å². The number of aryl methyl sites for hydroxylation is 1. The van der Waals surface area contributed by atoms with Gasteiger partial charge in [0.2, 0.25) is 5.91 Å². The molecule has 28 heavy (non-hydrogen) atoms. The highest BCUT2D eigenvalue weighted by Crippen LogP contribution is 2.27. The molecule has 2 heterocycles. The zero-order valence-corrected chi connectivity index (χ0v) is 17.6. The van der Waals surface area contributed by atoms with E-state index < -0.39 is 12.1 Å². The van der Waals surface area contributed by atoms with Crippen molar-refractivity contribution < 1.29 is 14.4 Å². The molecule has 1 aliphatic rings. The van der Waals surface area contributed by atoms with Crippen molar-refractivity contribution in [3.05, 3.63) is 51.2 Å². The first-order chi connectivity index (χ1) is 13.3. The third kappa shape index (κ3) is 4.05. The first-order valence-corrected chi connectivity index (χ1v) is 10.2. The molecule has 8 heteroatoms. The van der Waals surface area contributed by atoms with Crippen molar-refractivity contribution in [3.8, 4) is 0 Å². The second-order valence-corrected chi connectivity index (χ2v) is 8.50. The third-order valence-electron chi connectivity index (χ3n) is 4.76. The topological polar surface area (TPSA) is 60.9 Å². The van der Waals surface area contributed by atoms with E-state index in [4.69, 9.17) is 11.6 Å². The van der Waals surface area contributed by atoms with E-state index in [-0.39, 0.29) is 18.4 Å². The minimum Gasteiger partial charge on any atom is -0.336 e. The number of urea groups is 1. The Hall–Kier alpha value is -2.38. The van der Waals surface area contributed by atoms with E-state index in [9.17, 15) is 14.4 Å². The molecule has 1 aromatic heterocycles. The van der Waals surface area contributed by atoms with Crippen molar-refractivity contribution in [2.75, 3.05) is 18.0 Å². The average molecular weight is 420 g/mol. The molecule has 6 nitrogen and oxygen atoms in total. The number of hydrogen-bond acceptors (Lipinski definition) is 4. The number of thiophene rings is 1. The summed E-state index contributed by atoms with van der Waals surface area (Å²) >= 11 is 7.36. The number of benzene rings is 1. The van der Waals surface area contributed by atoms with Crippen LogP contribution in [0.1, 0.15) is 24.3 Å². The van der Waals surface area contributed by atoms with E-state index in [1.54, 1.807) is 30.0 Å². The van der Waals surface area contributed by atoms with E-state index in [2.05, 4.69) is 0 Å². The molecule has 0 bridgehead atoms. The number of hydrogen-bond donors (Lipinski definition) is 0. The highest BCUT2D eigenvalue weighted by molar-refractivity contribution is 7.16. The fraction of sp³-hybridized carbons (Fsp3) is 0.350. The van der Waals surface area contributed by atoms with Gasteiger partial charge < -0.3 is 4.90 Å². The van der Waals surface area contributed by atoms with Crippen molar-refractivity contribution in [2.45, 2.75) is 33.4 Å². The summed E-state index contributed by atoms with van der Waals surface area (Å²) in [6.07, 6.45) is 0. The second-order valence-electron chi connectivity index (χ2n) is 6.70. The van der Waals surface area contributed by atoms with Gasteiger partial charge in [0.05, 0.1) is 10.9 Å². The number of carbonyl (C=O) groups excluding carboxylic acids is 3. The normalized spacial score (nSPS) is 16.8. The molecule has 1 aliphatic heterocycles. The van der Waals surface area contributed by atoms with Crippen LogP contribution in [-0.2, 0) is 16.1 Å². The molecule has 4 amide bonds. The summed E-state index contributed by atoms with van der Waals surface area (Å²) in [7, 11) is 0. The highest BCUT2D eigenvalue weighted by atomic mass is 35.5. The Balaban J connectivity index is 1.73. The number of rotatable bonds is 6. The molecule has 0 radical (unpaired) electrons. The Labute approximate surface area is 173 Å². The van der Waals surface area contributed by atoms with Gasteiger partial charge in [0.15, 0.2) is 0 Å². The minimum atomic E-state index is -0.644. The number of amides is 4. The first-order valence-electron chi connectivity index (χ1n) is 9.05. The van der Waals surface area contributed by atoms with Gasteiger partial charge in [0.1, 0.15) is 12.6 Å². The van der Waals surface area contributed by atoms with Crippen molar-refractivity contribution >= 4 is 46.5 Å². The Morgan fingerprint density at radius 1 is 1.18 bits per heavy atom. The predicted octanol–water partition coefficient (Wildman–Crippen LogP) is 3.92.